The van der Waals surface area contributed by atoms with Crippen LogP contribution in [0, 0.1) is 0 Å². The van der Waals surface area contributed by atoms with Crippen molar-refractivity contribution in [3.63, 3.8) is 0 Å². The van der Waals surface area contributed by atoms with E-state index in [0.29, 0.717) is 0 Å². The SMILES string of the molecule is CCCCc1ccc(C(C)=O)c(Br)c1. The number of aryl methyl sites for hydroxylation is 1. The highest BCUT2D eigenvalue weighted by Crippen LogP contribution is 2.20. The molecular weight excluding hydrogens is 240 g/mol. The van der Waals surface area contributed by atoms with Crippen molar-refractivity contribution in [3.05, 3.63) is 33.8 Å². The van der Waals surface area contributed by atoms with Gasteiger partial charge in [0.2, 0.25) is 0 Å². The van der Waals surface area contributed by atoms with Gasteiger partial charge in [-0.3, -0.25) is 4.79 Å². The summed E-state index contributed by atoms with van der Waals surface area (Å²) < 4.78 is 0.915. The molecule has 1 nitrogen and oxygen atoms in total. The third-order valence-corrected chi connectivity index (χ3v) is 2.89. The minimum atomic E-state index is 0.110. The number of rotatable bonds is 4. The molecule has 1 aromatic carbocycles. The van der Waals surface area contributed by atoms with E-state index in [-0.39, 0.29) is 5.78 Å². The Kier molecular flexibility index (Phi) is 4.33. The van der Waals surface area contributed by atoms with Crippen molar-refractivity contribution in [2.75, 3.05) is 0 Å². The number of Topliss-reactive ketones (excluding diaryl/α,β-unsaturated/α-hetero) is 1. The van der Waals surface area contributed by atoms with E-state index in [1.54, 1.807) is 6.92 Å². The fourth-order valence-electron chi connectivity index (χ4n) is 1.38. The molecule has 76 valence electrons. The molecule has 0 aliphatic heterocycles. The highest BCUT2D eigenvalue weighted by atomic mass is 79.9. The maximum atomic E-state index is 11.2. The molecule has 0 spiro atoms. The van der Waals surface area contributed by atoms with E-state index in [9.17, 15) is 4.79 Å². The first-order chi connectivity index (χ1) is 6.65. The predicted octanol–water partition coefficient (Wildman–Crippen LogP) is 3.99. The monoisotopic (exact) mass is 254 g/mol. The number of benzene rings is 1. The first kappa shape index (κ1) is 11.4. The largest absolute Gasteiger partial charge is 0.294 e. The first-order valence-corrected chi connectivity index (χ1v) is 5.73. The second-order valence-corrected chi connectivity index (χ2v) is 4.33. The molecule has 0 saturated heterocycles. The summed E-state index contributed by atoms with van der Waals surface area (Å²) >= 11 is 3.42. The quantitative estimate of drug-likeness (QED) is 0.743. The summed E-state index contributed by atoms with van der Waals surface area (Å²) in [6.45, 7) is 3.77. The Morgan fingerprint density at radius 2 is 2.14 bits per heavy atom. The smallest absolute Gasteiger partial charge is 0.160 e. The molecule has 1 aromatic rings. The Morgan fingerprint density at radius 3 is 2.64 bits per heavy atom. The Labute approximate surface area is 93.7 Å². The van der Waals surface area contributed by atoms with Gasteiger partial charge in [0.25, 0.3) is 0 Å². The van der Waals surface area contributed by atoms with Crippen molar-refractivity contribution in [2.45, 2.75) is 33.1 Å². The number of ketones is 1. The number of carbonyl (C=O) groups excluding carboxylic acids is 1. The van der Waals surface area contributed by atoms with Gasteiger partial charge in [0.15, 0.2) is 5.78 Å². The van der Waals surface area contributed by atoms with Crippen LogP contribution in [0.5, 0.6) is 0 Å². The molecule has 2 heteroatoms. The van der Waals surface area contributed by atoms with Gasteiger partial charge in [-0.25, -0.2) is 0 Å². The van der Waals surface area contributed by atoms with Crippen LogP contribution in [0.2, 0.25) is 0 Å². The van der Waals surface area contributed by atoms with Crippen LogP contribution in [0.25, 0.3) is 0 Å². The molecule has 0 saturated carbocycles. The van der Waals surface area contributed by atoms with Crippen LogP contribution in [0.15, 0.2) is 22.7 Å². The number of unbranched alkanes of at least 4 members (excludes halogenated alkanes) is 1. The summed E-state index contributed by atoms with van der Waals surface area (Å²) in [6, 6.07) is 5.99. The van der Waals surface area contributed by atoms with Crippen LogP contribution in [-0.4, -0.2) is 5.78 Å². The summed E-state index contributed by atoms with van der Waals surface area (Å²) in [5.74, 6) is 0.110. The van der Waals surface area contributed by atoms with Crippen LogP contribution < -0.4 is 0 Å². The molecule has 0 bridgehead atoms. The third kappa shape index (κ3) is 2.95. The van der Waals surface area contributed by atoms with E-state index in [0.717, 1.165) is 16.5 Å². The number of hydrogen-bond acceptors (Lipinski definition) is 1. The van der Waals surface area contributed by atoms with E-state index < -0.39 is 0 Å². The molecular formula is C12H15BrO. The van der Waals surface area contributed by atoms with Gasteiger partial charge in [0.1, 0.15) is 0 Å². The van der Waals surface area contributed by atoms with Crippen molar-refractivity contribution < 1.29 is 4.79 Å². The minimum Gasteiger partial charge on any atom is -0.294 e. The predicted molar refractivity (Wildman–Crippen MR) is 62.8 cm³/mol. The molecule has 0 radical (unpaired) electrons. The standard InChI is InChI=1S/C12H15BrO/c1-3-4-5-10-6-7-11(9(2)14)12(13)8-10/h6-8H,3-5H2,1-2H3. The van der Waals surface area contributed by atoms with Crippen LogP contribution in [0.4, 0.5) is 0 Å². The van der Waals surface area contributed by atoms with Crippen LogP contribution in [0.1, 0.15) is 42.6 Å². The Balaban J connectivity index is 2.83. The van der Waals surface area contributed by atoms with E-state index in [4.69, 9.17) is 0 Å². The van der Waals surface area contributed by atoms with Gasteiger partial charge in [-0.1, -0.05) is 41.4 Å². The Hall–Kier alpha value is -0.630. The van der Waals surface area contributed by atoms with E-state index in [1.807, 2.05) is 18.2 Å². The second-order valence-electron chi connectivity index (χ2n) is 3.47. The highest BCUT2D eigenvalue weighted by Gasteiger charge is 2.05. The van der Waals surface area contributed by atoms with Crippen molar-refractivity contribution in [1.82, 2.24) is 0 Å². The summed E-state index contributed by atoms with van der Waals surface area (Å²) in [7, 11) is 0. The summed E-state index contributed by atoms with van der Waals surface area (Å²) in [5.41, 5.74) is 2.06. The van der Waals surface area contributed by atoms with Gasteiger partial charge in [-0.05, 0) is 31.4 Å². The van der Waals surface area contributed by atoms with Gasteiger partial charge >= 0.3 is 0 Å². The number of carbonyl (C=O) groups is 1. The van der Waals surface area contributed by atoms with Gasteiger partial charge in [-0.2, -0.15) is 0 Å². The normalized spacial score (nSPS) is 10.2. The molecule has 0 unspecified atom stereocenters. The topological polar surface area (TPSA) is 17.1 Å². The lowest BCUT2D eigenvalue weighted by molar-refractivity contribution is 0.101. The van der Waals surface area contributed by atoms with E-state index in [2.05, 4.69) is 22.9 Å². The first-order valence-electron chi connectivity index (χ1n) is 4.94. The lowest BCUT2D eigenvalue weighted by Gasteiger charge is -2.04. The van der Waals surface area contributed by atoms with Crippen molar-refractivity contribution in [2.24, 2.45) is 0 Å². The molecule has 0 aliphatic rings. The molecule has 0 amide bonds. The molecule has 0 fully saturated rings. The fraction of sp³-hybridized carbons (Fsp3) is 0.417. The summed E-state index contributed by atoms with van der Waals surface area (Å²) in [5, 5.41) is 0. The molecule has 0 aliphatic carbocycles. The van der Waals surface area contributed by atoms with Crippen molar-refractivity contribution in [1.29, 1.82) is 0 Å². The minimum absolute atomic E-state index is 0.110. The number of halogens is 1. The van der Waals surface area contributed by atoms with Crippen molar-refractivity contribution >= 4 is 21.7 Å². The average Bonchev–Trinajstić information content (AvgIpc) is 2.14. The Bertz CT molecular complexity index is 331. The van der Waals surface area contributed by atoms with E-state index in [1.165, 1.54) is 18.4 Å². The van der Waals surface area contributed by atoms with Gasteiger partial charge in [0.05, 0.1) is 0 Å². The lowest BCUT2D eigenvalue weighted by Crippen LogP contribution is -1.95. The molecule has 0 N–H and O–H groups in total. The zero-order valence-corrected chi connectivity index (χ0v) is 10.2. The molecule has 0 heterocycles. The maximum Gasteiger partial charge on any atom is 0.160 e. The average molecular weight is 255 g/mol. The van der Waals surface area contributed by atoms with Crippen LogP contribution in [-0.2, 0) is 6.42 Å². The highest BCUT2D eigenvalue weighted by molar-refractivity contribution is 9.10. The molecule has 14 heavy (non-hydrogen) atoms. The summed E-state index contributed by atoms with van der Waals surface area (Å²) in [4.78, 5) is 11.2. The molecule has 0 atom stereocenters. The van der Waals surface area contributed by atoms with Crippen molar-refractivity contribution in [3.8, 4) is 0 Å². The van der Waals surface area contributed by atoms with Gasteiger partial charge in [-0.15, -0.1) is 0 Å². The fourth-order valence-corrected chi connectivity index (χ4v) is 2.09. The Morgan fingerprint density at radius 1 is 1.43 bits per heavy atom. The van der Waals surface area contributed by atoms with Gasteiger partial charge in [0, 0.05) is 10.0 Å². The number of hydrogen-bond donors (Lipinski definition) is 0. The van der Waals surface area contributed by atoms with Crippen LogP contribution >= 0.6 is 15.9 Å². The molecule has 1 rings (SSSR count). The zero-order chi connectivity index (χ0) is 10.6. The zero-order valence-electron chi connectivity index (χ0n) is 8.64. The van der Waals surface area contributed by atoms with E-state index >= 15 is 0 Å². The second kappa shape index (κ2) is 5.30. The molecule has 0 aromatic heterocycles. The lowest BCUT2D eigenvalue weighted by atomic mass is 10.0. The van der Waals surface area contributed by atoms with Gasteiger partial charge < -0.3 is 0 Å². The summed E-state index contributed by atoms with van der Waals surface area (Å²) in [6.07, 6.45) is 3.49. The maximum absolute atomic E-state index is 11.2. The van der Waals surface area contributed by atoms with Crippen LogP contribution in [0.3, 0.4) is 0 Å². The third-order valence-electron chi connectivity index (χ3n) is 2.23.